The highest BCUT2D eigenvalue weighted by atomic mass is 16.5. The molecule has 13 nitrogen and oxygen atoms in total. The van der Waals surface area contributed by atoms with E-state index >= 15 is 0 Å². The highest BCUT2D eigenvalue weighted by Crippen LogP contribution is 2.30. The Bertz CT molecular complexity index is 1050. The second kappa shape index (κ2) is 9.50. The topological polar surface area (TPSA) is 142 Å². The highest BCUT2D eigenvalue weighted by molar-refractivity contribution is 6.53. The number of hydrogen-bond acceptors (Lipinski definition) is 9. The van der Waals surface area contributed by atoms with Gasteiger partial charge in [0.2, 0.25) is 5.88 Å². The number of aryl methyl sites for hydroxylation is 1. The maximum absolute atomic E-state index is 12.9. The van der Waals surface area contributed by atoms with Gasteiger partial charge in [-0.1, -0.05) is 0 Å². The van der Waals surface area contributed by atoms with Crippen molar-refractivity contribution in [1.29, 1.82) is 0 Å². The summed E-state index contributed by atoms with van der Waals surface area (Å²) in [5, 5.41) is 19.6. The summed E-state index contributed by atoms with van der Waals surface area (Å²) in [5.41, 5.74) is 0.0420. The molecule has 3 amide bonds. The molecular formula is C20H25N7O6. The van der Waals surface area contributed by atoms with Crippen LogP contribution in [0.2, 0.25) is 0 Å². The maximum atomic E-state index is 12.9. The number of aromatic nitrogens is 2. The van der Waals surface area contributed by atoms with Crippen LogP contribution in [0.3, 0.4) is 0 Å². The second-order valence-electron chi connectivity index (χ2n) is 7.59. The van der Waals surface area contributed by atoms with E-state index < -0.39 is 5.91 Å². The molecule has 1 N–H and O–H groups in total. The van der Waals surface area contributed by atoms with Crippen molar-refractivity contribution in [3.63, 3.8) is 0 Å². The summed E-state index contributed by atoms with van der Waals surface area (Å²) in [7, 11) is 2.95. The SMILES string of the molecule is CN1N=C(C(=O)N2CCOCC2)/C(=C/C=Nc2c(C(=O)N3CCOCC3)nn(C)c2O)C1=O. The number of aliphatic imine (C=N–C) groups is 1. The minimum absolute atomic E-state index is 0.0101. The molecule has 3 aliphatic heterocycles. The van der Waals surface area contributed by atoms with E-state index in [1.165, 1.54) is 26.4 Å². The average molecular weight is 459 g/mol. The van der Waals surface area contributed by atoms with Gasteiger partial charge in [0.25, 0.3) is 17.7 Å². The van der Waals surface area contributed by atoms with Gasteiger partial charge in [0.15, 0.2) is 17.1 Å². The number of nitrogens with zero attached hydrogens (tertiary/aromatic N) is 7. The van der Waals surface area contributed by atoms with E-state index in [0.717, 1.165) is 9.69 Å². The Morgan fingerprint density at radius 2 is 1.58 bits per heavy atom. The molecule has 0 radical (unpaired) electrons. The van der Waals surface area contributed by atoms with E-state index in [4.69, 9.17) is 9.47 Å². The van der Waals surface area contributed by atoms with Crippen molar-refractivity contribution in [2.45, 2.75) is 0 Å². The summed E-state index contributed by atoms with van der Waals surface area (Å²) >= 11 is 0. The van der Waals surface area contributed by atoms with E-state index in [0.29, 0.717) is 52.6 Å². The van der Waals surface area contributed by atoms with Crippen LogP contribution in [0.4, 0.5) is 5.69 Å². The van der Waals surface area contributed by atoms with Crippen LogP contribution in [0.25, 0.3) is 0 Å². The Morgan fingerprint density at radius 1 is 1.00 bits per heavy atom. The molecule has 0 bridgehead atoms. The molecule has 0 aromatic carbocycles. The standard InChI is InChI=1S/C20H25N7O6/c1-24-17(28)13(14(22-24)19(30)26-5-9-32-10-6-26)3-4-21-15-16(23-25(2)18(15)29)20(31)27-7-11-33-12-8-27/h3-4,29H,5-12H2,1-2H3/b13-3-,21-4?. The van der Waals surface area contributed by atoms with Gasteiger partial charge in [-0.3, -0.25) is 14.4 Å². The van der Waals surface area contributed by atoms with Crippen LogP contribution >= 0.6 is 0 Å². The third-order valence-electron chi connectivity index (χ3n) is 5.47. The Balaban J connectivity index is 1.58. The molecule has 13 heteroatoms. The van der Waals surface area contributed by atoms with Crippen LogP contribution in [0, 0.1) is 0 Å². The molecule has 2 fully saturated rings. The predicted octanol–water partition coefficient (Wildman–Crippen LogP) is -1.09. The normalized spacial score (nSPS) is 20.8. The summed E-state index contributed by atoms with van der Waals surface area (Å²) < 4.78 is 11.7. The number of carbonyl (C=O) groups excluding carboxylic acids is 3. The lowest BCUT2D eigenvalue weighted by atomic mass is 10.1. The Labute approximate surface area is 189 Å². The first-order valence-electron chi connectivity index (χ1n) is 10.5. The van der Waals surface area contributed by atoms with E-state index in [9.17, 15) is 19.5 Å². The van der Waals surface area contributed by atoms with Crippen molar-refractivity contribution in [1.82, 2.24) is 24.6 Å². The Kier molecular flexibility index (Phi) is 6.51. The smallest absolute Gasteiger partial charge is 0.276 e. The molecule has 0 saturated carbocycles. The number of hydrazone groups is 1. The van der Waals surface area contributed by atoms with Crippen LogP contribution in [0.15, 0.2) is 21.7 Å². The predicted molar refractivity (Wildman–Crippen MR) is 115 cm³/mol. The van der Waals surface area contributed by atoms with Crippen molar-refractivity contribution >= 4 is 35.3 Å². The van der Waals surface area contributed by atoms with Crippen LogP contribution in [-0.4, -0.2) is 119 Å². The van der Waals surface area contributed by atoms with Crippen LogP contribution in [-0.2, 0) is 26.1 Å². The first-order valence-corrected chi connectivity index (χ1v) is 10.5. The Hall–Kier alpha value is -3.58. The summed E-state index contributed by atoms with van der Waals surface area (Å²) in [6, 6.07) is 0. The summed E-state index contributed by atoms with van der Waals surface area (Å²) in [6.45, 7) is 3.32. The molecule has 1 aromatic rings. The van der Waals surface area contributed by atoms with Crippen LogP contribution in [0.1, 0.15) is 10.5 Å². The van der Waals surface area contributed by atoms with Crippen molar-refractivity contribution in [3.8, 4) is 5.88 Å². The minimum atomic E-state index is -0.460. The van der Waals surface area contributed by atoms with Gasteiger partial charge in [-0.2, -0.15) is 10.2 Å². The van der Waals surface area contributed by atoms with Gasteiger partial charge in [0, 0.05) is 46.5 Å². The number of morpholine rings is 2. The van der Waals surface area contributed by atoms with E-state index in [1.54, 1.807) is 9.80 Å². The zero-order valence-corrected chi connectivity index (χ0v) is 18.4. The van der Waals surface area contributed by atoms with Gasteiger partial charge in [-0.25, -0.2) is 14.7 Å². The summed E-state index contributed by atoms with van der Waals surface area (Å²) in [6.07, 6.45) is 2.60. The van der Waals surface area contributed by atoms with Gasteiger partial charge in [0.1, 0.15) is 0 Å². The molecule has 3 aliphatic rings. The molecule has 2 saturated heterocycles. The molecule has 0 spiro atoms. The molecule has 4 rings (SSSR count). The second-order valence-corrected chi connectivity index (χ2v) is 7.59. The van der Waals surface area contributed by atoms with Gasteiger partial charge < -0.3 is 24.4 Å². The lowest BCUT2D eigenvalue weighted by molar-refractivity contribution is -0.128. The first-order chi connectivity index (χ1) is 15.9. The monoisotopic (exact) mass is 459 g/mol. The third kappa shape index (κ3) is 4.50. The van der Waals surface area contributed by atoms with Crippen LogP contribution in [0.5, 0.6) is 5.88 Å². The highest BCUT2D eigenvalue weighted by Gasteiger charge is 2.35. The van der Waals surface area contributed by atoms with Crippen molar-refractivity contribution in [3.05, 3.63) is 17.3 Å². The van der Waals surface area contributed by atoms with Gasteiger partial charge in [-0.15, -0.1) is 0 Å². The number of carbonyl (C=O) groups is 3. The van der Waals surface area contributed by atoms with E-state index in [2.05, 4.69) is 15.2 Å². The third-order valence-corrected chi connectivity index (χ3v) is 5.47. The van der Waals surface area contributed by atoms with E-state index in [-0.39, 0.29) is 40.4 Å². The molecule has 1 aromatic heterocycles. The average Bonchev–Trinajstić information content (AvgIpc) is 3.29. The van der Waals surface area contributed by atoms with Gasteiger partial charge in [-0.05, 0) is 6.08 Å². The van der Waals surface area contributed by atoms with Gasteiger partial charge >= 0.3 is 0 Å². The molecule has 0 aliphatic carbocycles. The zero-order chi connectivity index (χ0) is 23.5. The van der Waals surface area contributed by atoms with Gasteiger partial charge in [0.05, 0.1) is 32.0 Å². The first kappa shape index (κ1) is 22.6. The molecule has 0 unspecified atom stereocenters. The quantitative estimate of drug-likeness (QED) is 0.445. The largest absolute Gasteiger partial charge is 0.492 e. The molecule has 0 atom stereocenters. The van der Waals surface area contributed by atoms with Crippen molar-refractivity contribution < 1.29 is 29.0 Å². The summed E-state index contributed by atoms with van der Waals surface area (Å²) in [5.74, 6) is -1.51. The van der Waals surface area contributed by atoms with Crippen molar-refractivity contribution in [2.24, 2.45) is 17.1 Å². The number of hydrogen-bond donors (Lipinski definition) is 1. The number of ether oxygens (including phenoxy) is 2. The molecule has 176 valence electrons. The fraction of sp³-hybridized carbons (Fsp3) is 0.500. The molecule has 33 heavy (non-hydrogen) atoms. The number of allylic oxidation sites excluding steroid dienone is 1. The number of rotatable bonds is 4. The van der Waals surface area contributed by atoms with Crippen LogP contribution < -0.4 is 0 Å². The minimum Gasteiger partial charge on any atom is -0.492 e. The number of likely N-dealkylation sites (N-methyl/N-ethyl adjacent to an activating group) is 1. The lowest BCUT2D eigenvalue weighted by Crippen LogP contribution is -2.44. The number of aromatic hydroxyl groups is 1. The fourth-order valence-corrected chi connectivity index (χ4v) is 3.62. The molecular weight excluding hydrogens is 434 g/mol. The Morgan fingerprint density at radius 3 is 2.18 bits per heavy atom. The zero-order valence-electron chi connectivity index (χ0n) is 18.4. The lowest BCUT2D eigenvalue weighted by Gasteiger charge is -2.26. The van der Waals surface area contributed by atoms with Crippen molar-refractivity contribution in [2.75, 3.05) is 59.7 Å². The summed E-state index contributed by atoms with van der Waals surface area (Å²) in [4.78, 5) is 45.6. The van der Waals surface area contributed by atoms with E-state index in [1.807, 2.05) is 0 Å². The number of amides is 3. The molecule has 4 heterocycles. The fourth-order valence-electron chi connectivity index (χ4n) is 3.62. The maximum Gasteiger partial charge on any atom is 0.276 e.